The van der Waals surface area contributed by atoms with E-state index in [0.29, 0.717) is 6.42 Å². The van der Waals surface area contributed by atoms with Gasteiger partial charge in [0.1, 0.15) is 17.7 Å². The molecular weight excluding hydrogens is 240 g/mol. The van der Waals surface area contributed by atoms with Gasteiger partial charge in [0.15, 0.2) is 0 Å². The van der Waals surface area contributed by atoms with Crippen LogP contribution >= 0.6 is 0 Å². The van der Waals surface area contributed by atoms with Gasteiger partial charge in [0.25, 0.3) is 0 Å². The molecule has 0 fully saturated rings. The van der Waals surface area contributed by atoms with Crippen molar-refractivity contribution in [1.82, 2.24) is 5.32 Å². The summed E-state index contributed by atoms with van der Waals surface area (Å²) in [6, 6.07) is 3.35. The molecule has 1 amide bonds. The molecular formula is C13H17F2NO2. The van der Waals surface area contributed by atoms with Gasteiger partial charge in [-0.05, 0) is 18.1 Å². The monoisotopic (exact) mass is 257 g/mol. The zero-order chi connectivity index (χ0) is 13.7. The van der Waals surface area contributed by atoms with Crippen LogP contribution in [0.3, 0.4) is 0 Å². The average Bonchev–Trinajstić information content (AvgIpc) is 2.25. The summed E-state index contributed by atoms with van der Waals surface area (Å²) >= 11 is 0. The van der Waals surface area contributed by atoms with Crippen LogP contribution in [0.25, 0.3) is 0 Å². The lowest BCUT2D eigenvalue weighted by Gasteiger charge is -2.14. The number of halogens is 2. The Morgan fingerprint density at radius 1 is 1.33 bits per heavy atom. The minimum Gasteiger partial charge on any atom is -0.386 e. The van der Waals surface area contributed by atoms with E-state index in [1.165, 1.54) is 6.07 Å². The van der Waals surface area contributed by atoms with E-state index in [-0.39, 0.29) is 18.4 Å². The van der Waals surface area contributed by atoms with E-state index in [2.05, 4.69) is 5.32 Å². The molecule has 18 heavy (non-hydrogen) atoms. The van der Waals surface area contributed by atoms with E-state index in [4.69, 9.17) is 0 Å². The lowest BCUT2D eigenvalue weighted by Crippen LogP contribution is -2.29. The van der Waals surface area contributed by atoms with Gasteiger partial charge in [-0.2, -0.15) is 0 Å². The molecule has 0 aliphatic heterocycles. The highest BCUT2D eigenvalue weighted by Crippen LogP contribution is 2.19. The van der Waals surface area contributed by atoms with E-state index < -0.39 is 23.3 Å². The number of amides is 1. The van der Waals surface area contributed by atoms with Crippen molar-refractivity contribution < 1.29 is 18.7 Å². The van der Waals surface area contributed by atoms with Gasteiger partial charge < -0.3 is 10.4 Å². The van der Waals surface area contributed by atoms with Crippen molar-refractivity contribution in [3.63, 3.8) is 0 Å². The van der Waals surface area contributed by atoms with Crippen molar-refractivity contribution >= 4 is 5.91 Å². The number of carbonyl (C=O) groups excluding carboxylic acids is 1. The van der Waals surface area contributed by atoms with Crippen LogP contribution in [-0.4, -0.2) is 17.6 Å². The van der Waals surface area contributed by atoms with Gasteiger partial charge in [-0.25, -0.2) is 8.78 Å². The van der Waals surface area contributed by atoms with Gasteiger partial charge in [0.05, 0.1) is 5.56 Å². The maximum absolute atomic E-state index is 13.3. The highest BCUT2D eigenvalue weighted by Gasteiger charge is 2.18. The molecule has 0 saturated heterocycles. The summed E-state index contributed by atoms with van der Waals surface area (Å²) in [7, 11) is 0. The van der Waals surface area contributed by atoms with Crippen molar-refractivity contribution in [2.75, 3.05) is 6.54 Å². The third-order valence-corrected chi connectivity index (χ3v) is 2.42. The second kappa shape index (κ2) is 6.44. The SMILES string of the molecule is CC(C)CC(=O)NCC(O)c1c(F)cccc1F. The lowest BCUT2D eigenvalue weighted by molar-refractivity contribution is -0.122. The summed E-state index contributed by atoms with van der Waals surface area (Å²) < 4.78 is 26.6. The Kier molecular flexibility index (Phi) is 5.22. The van der Waals surface area contributed by atoms with Crippen LogP contribution in [0.2, 0.25) is 0 Å². The van der Waals surface area contributed by atoms with E-state index in [1.807, 2.05) is 13.8 Å². The fraction of sp³-hybridized carbons (Fsp3) is 0.462. The summed E-state index contributed by atoms with van der Waals surface area (Å²) in [5.41, 5.74) is -0.414. The molecule has 0 spiro atoms. The molecule has 0 heterocycles. The van der Waals surface area contributed by atoms with Gasteiger partial charge in [-0.15, -0.1) is 0 Å². The molecule has 5 heteroatoms. The average molecular weight is 257 g/mol. The Balaban J connectivity index is 2.61. The molecule has 1 aromatic rings. The van der Waals surface area contributed by atoms with Crippen molar-refractivity contribution in [3.05, 3.63) is 35.4 Å². The zero-order valence-corrected chi connectivity index (χ0v) is 10.4. The number of carbonyl (C=O) groups is 1. The van der Waals surface area contributed by atoms with Gasteiger partial charge in [-0.3, -0.25) is 4.79 Å². The molecule has 0 bridgehead atoms. The summed E-state index contributed by atoms with van der Waals surface area (Å²) in [4.78, 5) is 11.3. The third kappa shape index (κ3) is 4.07. The maximum atomic E-state index is 13.3. The highest BCUT2D eigenvalue weighted by molar-refractivity contribution is 5.76. The van der Waals surface area contributed by atoms with Crippen LogP contribution in [0.15, 0.2) is 18.2 Å². The Labute approximate surface area is 105 Å². The second-order valence-electron chi connectivity index (χ2n) is 4.55. The fourth-order valence-corrected chi connectivity index (χ4v) is 1.58. The number of hydrogen-bond donors (Lipinski definition) is 2. The fourth-order valence-electron chi connectivity index (χ4n) is 1.58. The Hall–Kier alpha value is -1.49. The van der Waals surface area contributed by atoms with Gasteiger partial charge >= 0.3 is 0 Å². The molecule has 1 atom stereocenters. The maximum Gasteiger partial charge on any atom is 0.220 e. The first kappa shape index (κ1) is 14.6. The Morgan fingerprint density at radius 2 is 1.89 bits per heavy atom. The van der Waals surface area contributed by atoms with Crippen molar-refractivity contribution in [2.45, 2.75) is 26.4 Å². The minimum absolute atomic E-state index is 0.187. The van der Waals surface area contributed by atoms with E-state index in [9.17, 15) is 18.7 Å². The third-order valence-electron chi connectivity index (χ3n) is 2.42. The van der Waals surface area contributed by atoms with Crippen LogP contribution in [0.4, 0.5) is 8.78 Å². The predicted octanol–water partition coefficient (Wildman–Crippen LogP) is 2.16. The quantitative estimate of drug-likeness (QED) is 0.849. The number of hydrogen-bond acceptors (Lipinski definition) is 2. The molecule has 100 valence electrons. The number of aliphatic hydroxyl groups is 1. The molecule has 0 aliphatic carbocycles. The minimum atomic E-state index is -1.39. The van der Waals surface area contributed by atoms with Crippen molar-refractivity contribution in [3.8, 4) is 0 Å². The van der Waals surface area contributed by atoms with E-state index >= 15 is 0 Å². The first-order valence-electron chi connectivity index (χ1n) is 5.80. The smallest absolute Gasteiger partial charge is 0.220 e. The number of rotatable bonds is 5. The normalized spacial score (nSPS) is 12.6. The van der Waals surface area contributed by atoms with Crippen LogP contribution in [-0.2, 0) is 4.79 Å². The predicted molar refractivity (Wildman–Crippen MR) is 63.8 cm³/mol. The van der Waals surface area contributed by atoms with Crippen molar-refractivity contribution in [2.24, 2.45) is 5.92 Å². The molecule has 2 N–H and O–H groups in total. The standard InChI is InChI=1S/C13H17F2NO2/c1-8(2)6-12(18)16-7-11(17)13-9(14)4-3-5-10(13)15/h3-5,8,11,17H,6-7H2,1-2H3,(H,16,18). The van der Waals surface area contributed by atoms with E-state index in [1.54, 1.807) is 0 Å². The Bertz CT molecular complexity index is 401. The van der Waals surface area contributed by atoms with E-state index in [0.717, 1.165) is 12.1 Å². The number of nitrogens with one attached hydrogen (secondary N) is 1. The van der Waals surface area contributed by atoms with Crippen LogP contribution in [0.1, 0.15) is 31.9 Å². The first-order chi connectivity index (χ1) is 8.41. The molecule has 1 aromatic carbocycles. The lowest BCUT2D eigenvalue weighted by atomic mass is 10.1. The molecule has 1 rings (SSSR count). The molecule has 3 nitrogen and oxygen atoms in total. The summed E-state index contributed by atoms with van der Waals surface area (Å²) in [6.07, 6.45) is -1.07. The van der Waals surface area contributed by atoms with Crippen LogP contribution in [0, 0.1) is 17.6 Å². The molecule has 1 unspecified atom stereocenters. The summed E-state index contributed by atoms with van der Waals surface area (Å²) in [6.45, 7) is 3.56. The highest BCUT2D eigenvalue weighted by atomic mass is 19.1. The van der Waals surface area contributed by atoms with Gasteiger partial charge in [0.2, 0.25) is 5.91 Å². The summed E-state index contributed by atoms with van der Waals surface area (Å²) in [5.74, 6) is -1.70. The zero-order valence-electron chi connectivity index (χ0n) is 10.4. The molecule has 0 aliphatic rings. The van der Waals surface area contributed by atoms with Gasteiger partial charge in [0, 0.05) is 13.0 Å². The van der Waals surface area contributed by atoms with Crippen molar-refractivity contribution in [1.29, 1.82) is 0 Å². The largest absolute Gasteiger partial charge is 0.386 e. The molecule has 0 aromatic heterocycles. The first-order valence-corrected chi connectivity index (χ1v) is 5.80. The number of aliphatic hydroxyl groups excluding tert-OH is 1. The molecule has 0 saturated carbocycles. The Morgan fingerprint density at radius 3 is 2.39 bits per heavy atom. The molecule has 0 radical (unpaired) electrons. The second-order valence-corrected chi connectivity index (χ2v) is 4.55. The topological polar surface area (TPSA) is 49.3 Å². The number of benzene rings is 1. The summed E-state index contributed by atoms with van der Waals surface area (Å²) in [5, 5.41) is 12.1. The van der Waals surface area contributed by atoms with Crippen LogP contribution in [0.5, 0.6) is 0 Å². The van der Waals surface area contributed by atoms with Crippen LogP contribution < -0.4 is 5.32 Å². The van der Waals surface area contributed by atoms with Gasteiger partial charge in [-0.1, -0.05) is 19.9 Å².